The van der Waals surface area contributed by atoms with Gasteiger partial charge in [-0.2, -0.15) is 0 Å². The van der Waals surface area contributed by atoms with Gasteiger partial charge in [0.1, 0.15) is 5.69 Å². The molecule has 2 aromatic carbocycles. The Morgan fingerprint density at radius 2 is 1.82 bits per heavy atom. The lowest BCUT2D eigenvalue weighted by atomic mass is 10.2. The topological polar surface area (TPSA) is 108 Å². The highest BCUT2D eigenvalue weighted by molar-refractivity contribution is 6.06. The fraction of sp³-hybridized carbons (Fsp3) is 0. The minimum atomic E-state index is -1.08. The number of aromatic amines is 1. The summed E-state index contributed by atoms with van der Waals surface area (Å²) in [5.74, 6) is -1.08. The van der Waals surface area contributed by atoms with E-state index in [9.17, 15) is 20.0 Å². The zero-order valence-electron chi connectivity index (χ0n) is 11.2. The van der Waals surface area contributed by atoms with Crippen LogP contribution in [0.4, 0.5) is 17.1 Å². The number of nitrogens with zero attached hydrogens (tertiary/aromatic N) is 1. The first-order chi connectivity index (χ1) is 10.6. The van der Waals surface area contributed by atoms with Crippen molar-refractivity contribution in [2.45, 2.75) is 0 Å². The molecule has 0 saturated carbocycles. The quantitative estimate of drug-likeness (QED) is 0.504. The van der Waals surface area contributed by atoms with Crippen molar-refractivity contribution in [3.63, 3.8) is 0 Å². The summed E-state index contributed by atoms with van der Waals surface area (Å²) in [7, 11) is 0. The van der Waals surface area contributed by atoms with E-state index in [1.165, 1.54) is 24.3 Å². The SMILES string of the molecule is O=C(O)c1[nH]c2ccccc2c1Nc1ccc([N+](=O)[O-])cc1. The lowest BCUT2D eigenvalue weighted by Gasteiger charge is -2.06. The molecule has 0 amide bonds. The number of carboxylic acids is 1. The maximum Gasteiger partial charge on any atom is 0.354 e. The Kier molecular flexibility index (Phi) is 3.23. The van der Waals surface area contributed by atoms with Gasteiger partial charge in [0.15, 0.2) is 0 Å². The first kappa shape index (κ1) is 13.6. The standard InChI is InChI=1S/C15H11N3O4/c19-15(20)14-13(11-3-1-2-4-12(11)17-14)16-9-5-7-10(8-6-9)18(21)22/h1-8,16-17H,(H,19,20). The first-order valence-corrected chi connectivity index (χ1v) is 6.42. The fourth-order valence-corrected chi connectivity index (χ4v) is 2.24. The van der Waals surface area contributed by atoms with Crippen LogP contribution in [0.15, 0.2) is 48.5 Å². The van der Waals surface area contributed by atoms with Gasteiger partial charge in [-0.15, -0.1) is 0 Å². The van der Waals surface area contributed by atoms with Gasteiger partial charge in [0.25, 0.3) is 5.69 Å². The number of fused-ring (bicyclic) bond motifs is 1. The van der Waals surface area contributed by atoms with Gasteiger partial charge < -0.3 is 15.4 Å². The Bertz CT molecular complexity index is 868. The number of aromatic nitrogens is 1. The first-order valence-electron chi connectivity index (χ1n) is 6.42. The third kappa shape index (κ3) is 2.35. The van der Waals surface area contributed by atoms with Crippen LogP contribution < -0.4 is 5.32 Å². The van der Waals surface area contributed by atoms with Crippen molar-refractivity contribution in [1.29, 1.82) is 0 Å². The van der Waals surface area contributed by atoms with Crippen molar-refractivity contribution < 1.29 is 14.8 Å². The summed E-state index contributed by atoms with van der Waals surface area (Å²) in [5, 5.41) is 23.7. The normalized spacial score (nSPS) is 10.5. The molecule has 0 fully saturated rings. The predicted molar refractivity (Wildman–Crippen MR) is 81.6 cm³/mol. The molecule has 22 heavy (non-hydrogen) atoms. The van der Waals surface area contributed by atoms with Crippen LogP contribution in [-0.4, -0.2) is 21.0 Å². The molecule has 0 bridgehead atoms. The molecule has 3 aromatic rings. The largest absolute Gasteiger partial charge is 0.477 e. The average molecular weight is 297 g/mol. The highest BCUT2D eigenvalue weighted by Crippen LogP contribution is 2.31. The van der Waals surface area contributed by atoms with Gasteiger partial charge in [0.05, 0.1) is 10.6 Å². The number of nitrogens with one attached hydrogen (secondary N) is 2. The summed E-state index contributed by atoms with van der Waals surface area (Å²) in [6, 6.07) is 13.0. The van der Waals surface area contributed by atoms with Gasteiger partial charge in [-0.25, -0.2) is 4.79 Å². The zero-order chi connectivity index (χ0) is 15.7. The molecular formula is C15H11N3O4. The molecule has 110 valence electrons. The van der Waals surface area contributed by atoms with E-state index in [-0.39, 0.29) is 11.4 Å². The van der Waals surface area contributed by atoms with Gasteiger partial charge in [-0.3, -0.25) is 10.1 Å². The maximum absolute atomic E-state index is 11.4. The molecule has 1 heterocycles. The van der Waals surface area contributed by atoms with Gasteiger partial charge in [-0.05, 0) is 18.2 Å². The number of H-pyrrole nitrogens is 1. The number of carbonyl (C=O) groups is 1. The lowest BCUT2D eigenvalue weighted by molar-refractivity contribution is -0.384. The van der Waals surface area contributed by atoms with Crippen LogP contribution in [-0.2, 0) is 0 Å². The van der Waals surface area contributed by atoms with E-state index in [1.807, 2.05) is 6.07 Å². The molecule has 0 saturated heterocycles. The predicted octanol–water partition coefficient (Wildman–Crippen LogP) is 3.52. The van der Waals surface area contributed by atoms with Gasteiger partial charge in [-0.1, -0.05) is 18.2 Å². The Labute approximate surface area is 124 Å². The molecule has 0 aliphatic carbocycles. The molecule has 1 aromatic heterocycles. The highest BCUT2D eigenvalue weighted by atomic mass is 16.6. The summed E-state index contributed by atoms with van der Waals surface area (Å²) in [6.45, 7) is 0. The Morgan fingerprint density at radius 1 is 1.14 bits per heavy atom. The number of hydrogen-bond donors (Lipinski definition) is 3. The van der Waals surface area contributed by atoms with Gasteiger partial charge >= 0.3 is 5.97 Å². The van der Waals surface area contributed by atoms with Crippen LogP contribution in [0.1, 0.15) is 10.5 Å². The lowest BCUT2D eigenvalue weighted by Crippen LogP contribution is -2.01. The molecule has 0 aliphatic rings. The number of benzene rings is 2. The third-order valence-electron chi connectivity index (χ3n) is 3.27. The van der Waals surface area contributed by atoms with Crippen molar-refractivity contribution >= 4 is 33.9 Å². The second-order valence-corrected chi connectivity index (χ2v) is 4.65. The number of nitro benzene ring substituents is 1. The average Bonchev–Trinajstić information content (AvgIpc) is 2.87. The fourth-order valence-electron chi connectivity index (χ4n) is 2.24. The molecule has 0 unspecified atom stereocenters. The third-order valence-corrected chi connectivity index (χ3v) is 3.27. The Balaban J connectivity index is 2.04. The van der Waals surface area contributed by atoms with Crippen molar-refractivity contribution in [2.24, 2.45) is 0 Å². The van der Waals surface area contributed by atoms with Gasteiger partial charge in [0.2, 0.25) is 0 Å². The monoisotopic (exact) mass is 297 g/mol. The number of carboxylic acid groups (broad SMARTS) is 1. The molecule has 7 heteroatoms. The van der Waals surface area contributed by atoms with Crippen molar-refractivity contribution in [1.82, 2.24) is 4.98 Å². The Hall–Kier alpha value is -3.35. The minimum absolute atomic E-state index is 0.0251. The van der Waals surface area contributed by atoms with Crippen LogP contribution in [0.25, 0.3) is 10.9 Å². The molecular weight excluding hydrogens is 286 g/mol. The van der Waals surface area contributed by atoms with Gasteiger partial charge in [0, 0.05) is 28.7 Å². The molecule has 7 nitrogen and oxygen atoms in total. The van der Waals surface area contributed by atoms with Crippen LogP contribution in [0.3, 0.4) is 0 Å². The van der Waals surface area contributed by atoms with Crippen molar-refractivity contribution in [2.75, 3.05) is 5.32 Å². The second-order valence-electron chi connectivity index (χ2n) is 4.65. The number of rotatable bonds is 4. The number of hydrogen-bond acceptors (Lipinski definition) is 4. The van der Waals surface area contributed by atoms with Crippen LogP contribution in [0.5, 0.6) is 0 Å². The maximum atomic E-state index is 11.4. The van der Waals surface area contributed by atoms with Crippen molar-refractivity contribution in [3.05, 3.63) is 64.3 Å². The molecule has 0 spiro atoms. The summed E-state index contributed by atoms with van der Waals surface area (Å²) in [5.41, 5.74) is 1.71. The van der Waals surface area contributed by atoms with Crippen LogP contribution in [0, 0.1) is 10.1 Å². The number of anilines is 2. The van der Waals surface area contributed by atoms with Crippen LogP contribution in [0.2, 0.25) is 0 Å². The van der Waals surface area contributed by atoms with E-state index >= 15 is 0 Å². The number of aromatic carboxylic acids is 1. The van der Waals surface area contributed by atoms with E-state index in [2.05, 4.69) is 10.3 Å². The van der Waals surface area contributed by atoms with Crippen molar-refractivity contribution in [3.8, 4) is 0 Å². The zero-order valence-corrected chi connectivity index (χ0v) is 11.2. The summed E-state index contributed by atoms with van der Waals surface area (Å²) < 4.78 is 0. The number of non-ortho nitro benzene ring substituents is 1. The molecule has 0 atom stereocenters. The van der Waals surface area contributed by atoms with E-state index in [0.717, 1.165) is 5.39 Å². The number of nitro groups is 1. The van der Waals surface area contributed by atoms with E-state index in [0.29, 0.717) is 16.9 Å². The summed E-state index contributed by atoms with van der Waals surface area (Å²) in [4.78, 5) is 24.4. The second kappa shape index (κ2) is 5.21. The molecule has 3 N–H and O–H groups in total. The van der Waals surface area contributed by atoms with E-state index < -0.39 is 10.9 Å². The molecule has 0 aliphatic heterocycles. The summed E-state index contributed by atoms with van der Waals surface area (Å²) >= 11 is 0. The molecule has 3 rings (SSSR count). The number of para-hydroxylation sites is 1. The minimum Gasteiger partial charge on any atom is -0.477 e. The highest BCUT2D eigenvalue weighted by Gasteiger charge is 2.17. The smallest absolute Gasteiger partial charge is 0.354 e. The van der Waals surface area contributed by atoms with Crippen LogP contribution >= 0.6 is 0 Å². The van der Waals surface area contributed by atoms with E-state index in [4.69, 9.17) is 0 Å². The Morgan fingerprint density at radius 3 is 2.45 bits per heavy atom. The molecule has 0 radical (unpaired) electrons. The summed E-state index contributed by atoms with van der Waals surface area (Å²) in [6.07, 6.45) is 0. The van der Waals surface area contributed by atoms with E-state index in [1.54, 1.807) is 18.2 Å².